The van der Waals surface area contributed by atoms with Gasteiger partial charge in [-0.2, -0.15) is 0 Å². The molecular weight excluding hydrogens is 364 g/mol. The third-order valence-corrected chi connectivity index (χ3v) is 5.00. The molecule has 0 spiro atoms. The van der Waals surface area contributed by atoms with E-state index in [1.165, 1.54) is 7.11 Å². The molecule has 142 valence electrons. The van der Waals surface area contributed by atoms with Crippen molar-refractivity contribution < 1.29 is 9.84 Å². The maximum Gasteiger partial charge on any atom is 0.161 e. The number of aromatic hydroxyl groups is 1. The number of hydrogen-bond donors (Lipinski definition) is 3. The van der Waals surface area contributed by atoms with Gasteiger partial charge in [0.1, 0.15) is 12.1 Å². The van der Waals surface area contributed by atoms with Crippen LogP contribution in [0.5, 0.6) is 11.5 Å². The first-order valence-corrected chi connectivity index (χ1v) is 9.18. The van der Waals surface area contributed by atoms with E-state index in [9.17, 15) is 5.11 Å². The van der Waals surface area contributed by atoms with Crippen molar-refractivity contribution in [3.8, 4) is 22.6 Å². The van der Waals surface area contributed by atoms with Gasteiger partial charge in [-0.3, -0.25) is 0 Å². The van der Waals surface area contributed by atoms with E-state index in [1.807, 2.05) is 60.8 Å². The zero-order valence-corrected chi connectivity index (χ0v) is 15.7. The van der Waals surface area contributed by atoms with E-state index >= 15 is 0 Å². The van der Waals surface area contributed by atoms with Gasteiger partial charge in [0.2, 0.25) is 0 Å². The van der Waals surface area contributed by atoms with Gasteiger partial charge in [-0.15, -0.1) is 0 Å². The number of H-pyrrole nitrogens is 1. The lowest BCUT2D eigenvalue weighted by atomic mass is 10.0. The summed E-state index contributed by atoms with van der Waals surface area (Å²) in [6.07, 6.45) is 3.48. The zero-order chi connectivity index (χ0) is 19.8. The molecule has 3 N–H and O–H groups in total. The van der Waals surface area contributed by atoms with Crippen molar-refractivity contribution in [2.45, 2.75) is 0 Å². The second-order valence-corrected chi connectivity index (χ2v) is 6.71. The van der Waals surface area contributed by atoms with Crippen molar-refractivity contribution in [3.05, 3.63) is 73.2 Å². The number of benzene rings is 3. The fourth-order valence-corrected chi connectivity index (χ4v) is 3.51. The van der Waals surface area contributed by atoms with Crippen molar-refractivity contribution in [1.29, 1.82) is 0 Å². The second kappa shape index (κ2) is 6.83. The molecule has 0 bridgehead atoms. The normalized spacial score (nSPS) is 11.1. The molecule has 0 saturated carbocycles. The quantitative estimate of drug-likeness (QED) is 0.396. The Hall–Kier alpha value is -4.06. The Morgan fingerprint density at radius 3 is 2.69 bits per heavy atom. The van der Waals surface area contributed by atoms with Gasteiger partial charge >= 0.3 is 0 Å². The second-order valence-electron chi connectivity index (χ2n) is 6.71. The average Bonchev–Trinajstić information content (AvgIpc) is 3.24. The summed E-state index contributed by atoms with van der Waals surface area (Å²) in [6, 6.07) is 19.4. The fraction of sp³-hybridized carbons (Fsp3) is 0.0435. The van der Waals surface area contributed by atoms with E-state index in [2.05, 4.69) is 20.3 Å². The van der Waals surface area contributed by atoms with Gasteiger partial charge in [-0.1, -0.05) is 18.2 Å². The van der Waals surface area contributed by atoms with E-state index < -0.39 is 0 Å². The number of ether oxygens (including phenoxy) is 1. The van der Waals surface area contributed by atoms with Gasteiger partial charge in [-0.25, -0.2) is 9.97 Å². The molecule has 5 rings (SSSR count). The van der Waals surface area contributed by atoms with Crippen LogP contribution in [0.15, 0.2) is 73.2 Å². The number of phenols is 1. The smallest absolute Gasteiger partial charge is 0.161 e. The van der Waals surface area contributed by atoms with Crippen LogP contribution in [-0.4, -0.2) is 27.2 Å². The molecule has 29 heavy (non-hydrogen) atoms. The number of nitrogens with zero attached hydrogens (tertiary/aromatic N) is 2. The summed E-state index contributed by atoms with van der Waals surface area (Å²) >= 11 is 0. The molecule has 5 aromatic rings. The Labute approximate surface area is 166 Å². The molecule has 0 unspecified atom stereocenters. The van der Waals surface area contributed by atoms with Crippen LogP contribution in [0.2, 0.25) is 0 Å². The van der Waals surface area contributed by atoms with Crippen LogP contribution in [0.3, 0.4) is 0 Å². The summed E-state index contributed by atoms with van der Waals surface area (Å²) in [5.74, 6) is 1.28. The molecule has 2 heterocycles. The highest BCUT2D eigenvalue weighted by atomic mass is 16.5. The van der Waals surface area contributed by atoms with Gasteiger partial charge in [0.15, 0.2) is 11.5 Å². The Bertz CT molecular complexity index is 1340. The number of phenolic OH excluding ortho intramolecular Hbond substituents is 1. The Morgan fingerprint density at radius 1 is 0.931 bits per heavy atom. The van der Waals surface area contributed by atoms with Gasteiger partial charge in [0.25, 0.3) is 0 Å². The third-order valence-electron chi connectivity index (χ3n) is 5.00. The standard InChI is InChI=1S/C23H18N4O2/c1-29-22-12-15(6-8-21(22)28)14-5-7-19-17(11-14)23(26-13-25-19)27-20-4-2-3-18-16(20)9-10-24-18/h2-13,24,28H,1H3,(H,25,26,27). The maximum atomic E-state index is 9.87. The summed E-state index contributed by atoms with van der Waals surface area (Å²) < 4.78 is 5.24. The molecule has 0 radical (unpaired) electrons. The Kier molecular flexibility index (Phi) is 4.02. The summed E-state index contributed by atoms with van der Waals surface area (Å²) in [7, 11) is 1.54. The molecule has 6 nitrogen and oxygen atoms in total. The monoisotopic (exact) mass is 382 g/mol. The minimum atomic E-state index is 0.113. The molecule has 2 aromatic heterocycles. The van der Waals surface area contributed by atoms with Crippen molar-refractivity contribution in [2.75, 3.05) is 12.4 Å². The number of aromatic amines is 1. The molecule has 6 heteroatoms. The average molecular weight is 382 g/mol. The number of hydrogen-bond acceptors (Lipinski definition) is 5. The van der Waals surface area contributed by atoms with Crippen molar-refractivity contribution in [1.82, 2.24) is 15.0 Å². The minimum absolute atomic E-state index is 0.113. The maximum absolute atomic E-state index is 9.87. The summed E-state index contributed by atoms with van der Waals surface area (Å²) in [6.45, 7) is 0. The van der Waals surface area contributed by atoms with Crippen LogP contribution in [-0.2, 0) is 0 Å². The van der Waals surface area contributed by atoms with E-state index in [4.69, 9.17) is 4.74 Å². The van der Waals surface area contributed by atoms with E-state index in [0.717, 1.165) is 44.4 Å². The number of rotatable bonds is 4. The third kappa shape index (κ3) is 3.00. The van der Waals surface area contributed by atoms with Crippen molar-refractivity contribution in [2.24, 2.45) is 0 Å². The van der Waals surface area contributed by atoms with Crippen LogP contribution < -0.4 is 10.1 Å². The highest BCUT2D eigenvalue weighted by molar-refractivity contribution is 5.98. The first-order chi connectivity index (χ1) is 14.2. The lowest BCUT2D eigenvalue weighted by Crippen LogP contribution is -1.96. The summed E-state index contributed by atoms with van der Waals surface area (Å²) in [4.78, 5) is 12.1. The minimum Gasteiger partial charge on any atom is -0.504 e. The molecule has 3 aromatic carbocycles. The predicted molar refractivity (Wildman–Crippen MR) is 115 cm³/mol. The molecule has 0 saturated heterocycles. The molecule has 0 aliphatic rings. The fourth-order valence-electron chi connectivity index (χ4n) is 3.51. The van der Waals surface area contributed by atoms with Crippen molar-refractivity contribution in [3.63, 3.8) is 0 Å². The van der Waals surface area contributed by atoms with Crippen LogP contribution in [0, 0.1) is 0 Å². The SMILES string of the molecule is COc1cc(-c2ccc3ncnc(Nc4cccc5[nH]ccc45)c3c2)ccc1O. The zero-order valence-electron chi connectivity index (χ0n) is 15.7. The van der Waals surface area contributed by atoms with Crippen molar-refractivity contribution >= 4 is 33.3 Å². The number of anilines is 2. The number of aromatic nitrogens is 3. The van der Waals surface area contributed by atoms with Crippen LogP contribution >= 0.6 is 0 Å². The largest absolute Gasteiger partial charge is 0.504 e. The van der Waals surface area contributed by atoms with Crippen LogP contribution in [0.25, 0.3) is 32.9 Å². The first kappa shape index (κ1) is 17.1. The van der Waals surface area contributed by atoms with Gasteiger partial charge in [0, 0.05) is 28.2 Å². The highest BCUT2D eigenvalue weighted by Gasteiger charge is 2.10. The molecule has 0 aliphatic heterocycles. The van der Waals surface area contributed by atoms with Gasteiger partial charge in [0.05, 0.1) is 12.6 Å². The Morgan fingerprint density at radius 2 is 1.79 bits per heavy atom. The molecule has 0 aliphatic carbocycles. The summed E-state index contributed by atoms with van der Waals surface area (Å²) in [5, 5.41) is 15.3. The number of nitrogens with one attached hydrogen (secondary N) is 2. The lowest BCUT2D eigenvalue weighted by Gasteiger charge is -2.11. The number of fused-ring (bicyclic) bond motifs is 2. The topological polar surface area (TPSA) is 83.1 Å². The van der Waals surface area contributed by atoms with E-state index in [0.29, 0.717) is 5.75 Å². The molecule has 0 atom stereocenters. The first-order valence-electron chi connectivity index (χ1n) is 9.18. The van der Waals surface area contributed by atoms with E-state index in [-0.39, 0.29) is 5.75 Å². The highest BCUT2D eigenvalue weighted by Crippen LogP contribution is 2.34. The number of methoxy groups -OCH3 is 1. The van der Waals surface area contributed by atoms with Gasteiger partial charge in [-0.05, 0) is 53.6 Å². The van der Waals surface area contributed by atoms with Crippen LogP contribution in [0.1, 0.15) is 0 Å². The Balaban J connectivity index is 1.62. The lowest BCUT2D eigenvalue weighted by molar-refractivity contribution is 0.373. The molecule has 0 amide bonds. The summed E-state index contributed by atoms with van der Waals surface area (Å²) in [5.41, 5.74) is 4.79. The molecule has 0 fully saturated rings. The molecular formula is C23H18N4O2. The van der Waals surface area contributed by atoms with E-state index in [1.54, 1.807) is 12.4 Å². The van der Waals surface area contributed by atoms with Gasteiger partial charge < -0.3 is 20.1 Å². The van der Waals surface area contributed by atoms with Crippen LogP contribution in [0.4, 0.5) is 11.5 Å². The predicted octanol–water partition coefficient (Wildman–Crippen LogP) is 5.24.